The van der Waals surface area contributed by atoms with Gasteiger partial charge in [-0.25, -0.2) is 4.39 Å². The van der Waals surface area contributed by atoms with Crippen molar-refractivity contribution in [3.63, 3.8) is 0 Å². The zero-order valence-electron chi connectivity index (χ0n) is 12.0. The van der Waals surface area contributed by atoms with Gasteiger partial charge in [-0.1, -0.05) is 23.8 Å². The maximum atomic E-state index is 13.8. The number of halogens is 1. The zero-order chi connectivity index (χ0) is 15.4. The highest BCUT2D eigenvalue weighted by atomic mass is 19.1. The van der Waals surface area contributed by atoms with Crippen LogP contribution in [0.2, 0.25) is 0 Å². The van der Waals surface area contributed by atoms with E-state index in [4.69, 9.17) is 0 Å². The van der Waals surface area contributed by atoms with Gasteiger partial charge in [-0.05, 0) is 31.7 Å². The molecule has 2 rings (SSSR count). The van der Waals surface area contributed by atoms with E-state index in [1.54, 1.807) is 42.4 Å². The number of nitrogens with zero attached hydrogens (tertiary/aromatic N) is 2. The molecule has 0 radical (unpaired) electrons. The Labute approximate surface area is 122 Å². The van der Waals surface area contributed by atoms with Gasteiger partial charge in [0.1, 0.15) is 11.9 Å². The highest BCUT2D eigenvalue weighted by Crippen LogP contribution is 2.22. The number of pyridine rings is 1. The van der Waals surface area contributed by atoms with E-state index in [0.717, 1.165) is 5.56 Å². The molecule has 0 amide bonds. The van der Waals surface area contributed by atoms with E-state index in [-0.39, 0.29) is 12.4 Å². The van der Waals surface area contributed by atoms with Crippen molar-refractivity contribution in [2.75, 3.05) is 7.05 Å². The summed E-state index contributed by atoms with van der Waals surface area (Å²) >= 11 is 0. The van der Waals surface area contributed by atoms with Gasteiger partial charge in [0.05, 0.1) is 0 Å². The average molecular weight is 288 g/mol. The van der Waals surface area contributed by atoms with Crippen LogP contribution in [0.5, 0.6) is 0 Å². The Bertz CT molecular complexity index is 631. The van der Waals surface area contributed by atoms with Gasteiger partial charge >= 0.3 is 5.97 Å². The number of benzene rings is 1. The van der Waals surface area contributed by atoms with Crippen LogP contribution in [0.25, 0.3) is 0 Å². The van der Waals surface area contributed by atoms with Crippen LogP contribution in [0, 0.1) is 12.7 Å². The lowest BCUT2D eigenvalue weighted by molar-refractivity contribution is -0.143. The normalized spacial score (nSPS) is 12.4. The minimum Gasteiger partial charge on any atom is -0.480 e. The Kier molecular flexibility index (Phi) is 4.65. The molecule has 0 spiro atoms. The summed E-state index contributed by atoms with van der Waals surface area (Å²) < 4.78 is 13.8. The van der Waals surface area contributed by atoms with Crippen LogP contribution in [0.3, 0.4) is 0 Å². The molecule has 1 unspecified atom stereocenters. The quantitative estimate of drug-likeness (QED) is 0.919. The molecule has 1 atom stereocenters. The van der Waals surface area contributed by atoms with Crippen molar-refractivity contribution in [3.05, 3.63) is 65.2 Å². The second-order valence-electron chi connectivity index (χ2n) is 5.04. The minimum absolute atomic E-state index is 0.208. The Morgan fingerprint density at radius 1 is 1.43 bits per heavy atom. The first-order valence-electron chi connectivity index (χ1n) is 6.57. The van der Waals surface area contributed by atoms with Gasteiger partial charge in [-0.2, -0.15) is 0 Å². The molecule has 0 aliphatic carbocycles. The summed E-state index contributed by atoms with van der Waals surface area (Å²) in [6, 6.07) is 7.35. The van der Waals surface area contributed by atoms with Gasteiger partial charge in [-0.15, -0.1) is 0 Å². The highest BCUT2D eigenvalue weighted by Gasteiger charge is 2.25. The van der Waals surface area contributed by atoms with E-state index < -0.39 is 12.0 Å². The number of rotatable bonds is 5. The Hall–Kier alpha value is -2.27. The van der Waals surface area contributed by atoms with Gasteiger partial charge in [0.2, 0.25) is 0 Å². The van der Waals surface area contributed by atoms with Gasteiger partial charge in [0, 0.05) is 24.5 Å². The predicted octanol–water partition coefficient (Wildman–Crippen LogP) is 2.79. The molecule has 0 saturated heterocycles. The number of aromatic nitrogens is 1. The highest BCUT2D eigenvalue weighted by molar-refractivity contribution is 5.75. The number of likely N-dealkylation sites (N-methyl/N-ethyl adjacent to an activating group) is 1. The van der Waals surface area contributed by atoms with E-state index in [1.165, 1.54) is 12.3 Å². The SMILES string of the molecule is Cc1ccc(F)c(CN(C)C(C(=O)O)c2cccnc2)c1. The maximum absolute atomic E-state index is 13.8. The van der Waals surface area contributed by atoms with E-state index >= 15 is 0 Å². The molecule has 0 fully saturated rings. The first-order chi connectivity index (χ1) is 9.99. The second kappa shape index (κ2) is 6.45. The lowest BCUT2D eigenvalue weighted by atomic mass is 10.1. The third-order valence-electron chi connectivity index (χ3n) is 3.30. The fraction of sp³-hybridized carbons (Fsp3) is 0.250. The third kappa shape index (κ3) is 3.64. The largest absolute Gasteiger partial charge is 0.480 e. The predicted molar refractivity (Wildman–Crippen MR) is 77.2 cm³/mol. The molecule has 0 aliphatic heterocycles. The molecule has 1 aromatic heterocycles. The summed E-state index contributed by atoms with van der Waals surface area (Å²) in [4.78, 5) is 17.1. The molecular weight excluding hydrogens is 271 g/mol. The smallest absolute Gasteiger partial charge is 0.325 e. The number of carboxylic acid groups (broad SMARTS) is 1. The molecular formula is C16H17FN2O2. The van der Waals surface area contributed by atoms with Crippen LogP contribution in [0.4, 0.5) is 4.39 Å². The lowest BCUT2D eigenvalue weighted by Crippen LogP contribution is -2.30. The van der Waals surface area contributed by atoms with Gasteiger partial charge in [-0.3, -0.25) is 14.7 Å². The number of hydrogen-bond donors (Lipinski definition) is 1. The minimum atomic E-state index is -0.987. The van der Waals surface area contributed by atoms with Crippen LogP contribution < -0.4 is 0 Å². The summed E-state index contributed by atoms with van der Waals surface area (Å²) in [5.41, 5.74) is 1.99. The molecule has 0 bridgehead atoms. The number of carbonyl (C=O) groups is 1. The summed E-state index contributed by atoms with van der Waals surface area (Å²) in [7, 11) is 1.66. The average Bonchev–Trinajstić information content (AvgIpc) is 2.44. The fourth-order valence-corrected chi connectivity index (χ4v) is 2.31. The van der Waals surface area contributed by atoms with Crippen molar-refractivity contribution in [1.29, 1.82) is 0 Å². The summed E-state index contributed by atoms with van der Waals surface area (Å²) in [6.07, 6.45) is 3.10. The zero-order valence-corrected chi connectivity index (χ0v) is 12.0. The monoisotopic (exact) mass is 288 g/mol. The maximum Gasteiger partial charge on any atom is 0.325 e. The standard InChI is InChI=1S/C16H17FN2O2/c1-11-5-6-14(17)13(8-11)10-19(2)15(16(20)21)12-4-3-7-18-9-12/h3-9,15H,10H2,1-2H3,(H,20,21). The van der Waals surface area contributed by atoms with Gasteiger partial charge in [0.25, 0.3) is 0 Å². The van der Waals surface area contributed by atoms with Crippen molar-refractivity contribution in [2.45, 2.75) is 19.5 Å². The van der Waals surface area contributed by atoms with Crippen LogP contribution in [0.15, 0.2) is 42.7 Å². The molecule has 21 heavy (non-hydrogen) atoms. The van der Waals surface area contributed by atoms with Crippen molar-refractivity contribution < 1.29 is 14.3 Å². The van der Waals surface area contributed by atoms with Crippen molar-refractivity contribution >= 4 is 5.97 Å². The Morgan fingerprint density at radius 2 is 2.19 bits per heavy atom. The summed E-state index contributed by atoms with van der Waals surface area (Å²) in [5.74, 6) is -1.32. The Morgan fingerprint density at radius 3 is 2.81 bits per heavy atom. The van der Waals surface area contributed by atoms with E-state index in [9.17, 15) is 14.3 Å². The molecule has 5 heteroatoms. The van der Waals surface area contributed by atoms with Crippen molar-refractivity contribution in [2.24, 2.45) is 0 Å². The van der Waals surface area contributed by atoms with E-state index in [2.05, 4.69) is 4.98 Å². The lowest BCUT2D eigenvalue weighted by Gasteiger charge is -2.25. The molecule has 110 valence electrons. The van der Waals surface area contributed by atoms with E-state index in [0.29, 0.717) is 11.1 Å². The topological polar surface area (TPSA) is 53.4 Å². The number of aryl methyl sites for hydroxylation is 1. The van der Waals surface area contributed by atoms with Crippen molar-refractivity contribution in [1.82, 2.24) is 9.88 Å². The first-order valence-corrected chi connectivity index (χ1v) is 6.57. The molecule has 4 nitrogen and oxygen atoms in total. The number of hydrogen-bond acceptors (Lipinski definition) is 3. The molecule has 0 saturated carbocycles. The van der Waals surface area contributed by atoms with Crippen LogP contribution in [-0.2, 0) is 11.3 Å². The summed E-state index contributed by atoms with van der Waals surface area (Å²) in [5, 5.41) is 9.44. The number of aliphatic carboxylic acids is 1. The van der Waals surface area contributed by atoms with Crippen LogP contribution >= 0.6 is 0 Å². The van der Waals surface area contributed by atoms with Gasteiger partial charge < -0.3 is 5.11 Å². The first kappa shape index (κ1) is 15.1. The second-order valence-corrected chi connectivity index (χ2v) is 5.04. The van der Waals surface area contributed by atoms with Crippen LogP contribution in [0.1, 0.15) is 22.7 Å². The molecule has 1 N–H and O–H groups in total. The number of carboxylic acids is 1. The third-order valence-corrected chi connectivity index (χ3v) is 3.30. The molecule has 1 heterocycles. The Balaban J connectivity index is 2.26. The summed E-state index contributed by atoms with van der Waals surface area (Å²) in [6.45, 7) is 2.08. The molecule has 0 aliphatic rings. The van der Waals surface area contributed by atoms with Gasteiger partial charge in [0.15, 0.2) is 0 Å². The molecule has 2 aromatic rings. The van der Waals surface area contributed by atoms with Crippen molar-refractivity contribution in [3.8, 4) is 0 Å². The van der Waals surface area contributed by atoms with Crippen LogP contribution in [-0.4, -0.2) is 28.0 Å². The van der Waals surface area contributed by atoms with E-state index in [1.807, 2.05) is 6.92 Å². The fourth-order valence-electron chi connectivity index (χ4n) is 2.31. The molecule has 1 aromatic carbocycles.